The van der Waals surface area contributed by atoms with Crippen molar-refractivity contribution in [3.63, 3.8) is 0 Å². The van der Waals surface area contributed by atoms with Gasteiger partial charge in [0.15, 0.2) is 6.61 Å². The molecule has 0 bridgehead atoms. The summed E-state index contributed by atoms with van der Waals surface area (Å²) >= 11 is 12.1. The maximum absolute atomic E-state index is 12.1. The van der Waals surface area contributed by atoms with Gasteiger partial charge in [-0.1, -0.05) is 29.3 Å². The van der Waals surface area contributed by atoms with Crippen molar-refractivity contribution < 1.29 is 13.9 Å². The van der Waals surface area contributed by atoms with E-state index in [4.69, 9.17) is 32.4 Å². The molecule has 0 aliphatic heterocycles. The lowest BCUT2D eigenvalue weighted by Gasteiger charge is -2.11. The Labute approximate surface area is 159 Å². The highest BCUT2D eigenvalue weighted by atomic mass is 35.5. The smallest absolute Gasteiger partial charge is 0.336 e. The number of halogens is 2. The van der Waals surface area contributed by atoms with Gasteiger partial charge in [-0.15, -0.1) is 0 Å². The van der Waals surface area contributed by atoms with Gasteiger partial charge in [-0.25, -0.2) is 4.79 Å². The molecule has 1 amide bonds. The average Bonchev–Trinajstić information content (AvgIpc) is 2.57. The van der Waals surface area contributed by atoms with Gasteiger partial charge in [0, 0.05) is 28.2 Å². The average molecular weight is 392 g/mol. The molecular weight excluding hydrogens is 377 g/mol. The third-order valence-corrected chi connectivity index (χ3v) is 4.37. The molecule has 3 rings (SSSR count). The van der Waals surface area contributed by atoms with Gasteiger partial charge in [0.2, 0.25) is 0 Å². The maximum atomic E-state index is 12.1. The van der Waals surface area contributed by atoms with Crippen LogP contribution in [0.25, 0.3) is 11.0 Å². The van der Waals surface area contributed by atoms with E-state index in [1.165, 1.54) is 12.1 Å². The highest BCUT2D eigenvalue weighted by Gasteiger charge is 2.12. The first-order valence-corrected chi connectivity index (χ1v) is 8.52. The zero-order valence-electron chi connectivity index (χ0n) is 14.1. The molecule has 0 saturated carbocycles. The lowest BCUT2D eigenvalue weighted by molar-refractivity contribution is -0.118. The van der Waals surface area contributed by atoms with Crippen molar-refractivity contribution in [2.45, 2.75) is 13.8 Å². The molecule has 0 spiro atoms. The molecule has 1 aromatic heterocycles. The van der Waals surface area contributed by atoms with Crippen LogP contribution in [-0.2, 0) is 4.79 Å². The van der Waals surface area contributed by atoms with E-state index in [-0.39, 0.29) is 18.3 Å². The number of ether oxygens (including phenoxy) is 1. The molecule has 0 saturated heterocycles. The number of carbonyl (C=O) groups is 1. The molecule has 26 heavy (non-hydrogen) atoms. The van der Waals surface area contributed by atoms with Crippen LogP contribution in [0.4, 0.5) is 5.69 Å². The number of benzene rings is 2. The van der Waals surface area contributed by atoms with Crippen LogP contribution in [0.15, 0.2) is 45.6 Å². The molecule has 0 radical (unpaired) electrons. The standard InChI is InChI=1S/C19H15Cl2NO4/c1-10-3-4-12(20)6-15(10)22-18(23)9-25-17-8-16-13(7-14(17)21)11(2)5-19(24)26-16/h3-8H,9H2,1-2H3,(H,22,23). The minimum absolute atomic E-state index is 0.255. The molecule has 0 fully saturated rings. The van der Waals surface area contributed by atoms with Crippen LogP contribution in [0.2, 0.25) is 10.0 Å². The summed E-state index contributed by atoms with van der Waals surface area (Å²) in [5.74, 6) is -0.108. The highest BCUT2D eigenvalue weighted by Crippen LogP contribution is 2.31. The number of carbonyl (C=O) groups excluding carboxylic acids is 1. The van der Waals surface area contributed by atoms with E-state index < -0.39 is 5.63 Å². The second-order valence-electron chi connectivity index (χ2n) is 5.82. The quantitative estimate of drug-likeness (QED) is 0.652. The summed E-state index contributed by atoms with van der Waals surface area (Å²) in [6.45, 7) is 3.39. The lowest BCUT2D eigenvalue weighted by Crippen LogP contribution is -2.20. The Morgan fingerprint density at radius 1 is 1.12 bits per heavy atom. The Morgan fingerprint density at radius 3 is 2.65 bits per heavy atom. The van der Waals surface area contributed by atoms with E-state index in [2.05, 4.69) is 5.32 Å². The summed E-state index contributed by atoms with van der Waals surface area (Å²) in [4.78, 5) is 23.7. The molecule has 3 aromatic rings. The third-order valence-electron chi connectivity index (χ3n) is 3.84. The Kier molecular flexibility index (Phi) is 5.20. The van der Waals surface area contributed by atoms with Crippen molar-refractivity contribution in [3.8, 4) is 5.75 Å². The fourth-order valence-corrected chi connectivity index (χ4v) is 2.88. The minimum Gasteiger partial charge on any atom is -0.482 e. The topological polar surface area (TPSA) is 68.5 Å². The van der Waals surface area contributed by atoms with Crippen LogP contribution in [-0.4, -0.2) is 12.5 Å². The Bertz CT molecular complexity index is 1060. The van der Waals surface area contributed by atoms with Gasteiger partial charge < -0.3 is 14.5 Å². The number of amides is 1. The van der Waals surface area contributed by atoms with E-state index in [1.807, 2.05) is 13.0 Å². The van der Waals surface area contributed by atoms with Crippen LogP contribution in [0.3, 0.4) is 0 Å². The van der Waals surface area contributed by atoms with Crippen LogP contribution in [0, 0.1) is 13.8 Å². The summed E-state index contributed by atoms with van der Waals surface area (Å²) in [5, 5.41) is 4.28. The van der Waals surface area contributed by atoms with Crippen molar-refractivity contribution in [2.24, 2.45) is 0 Å². The first kappa shape index (κ1) is 18.3. The number of hydrogen-bond acceptors (Lipinski definition) is 4. The van der Waals surface area contributed by atoms with Gasteiger partial charge in [0.1, 0.15) is 11.3 Å². The molecular formula is C19H15Cl2NO4. The highest BCUT2D eigenvalue weighted by molar-refractivity contribution is 6.33. The molecule has 2 aromatic carbocycles. The predicted molar refractivity (Wildman–Crippen MR) is 103 cm³/mol. The lowest BCUT2D eigenvalue weighted by atomic mass is 10.1. The zero-order valence-corrected chi connectivity index (χ0v) is 15.6. The minimum atomic E-state index is -0.461. The van der Waals surface area contributed by atoms with Crippen molar-refractivity contribution in [1.29, 1.82) is 0 Å². The van der Waals surface area contributed by atoms with Crippen LogP contribution < -0.4 is 15.7 Å². The predicted octanol–water partition coefficient (Wildman–Crippen LogP) is 4.73. The maximum Gasteiger partial charge on any atom is 0.336 e. The number of anilines is 1. The second kappa shape index (κ2) is 7.40. The summed E-state index contributed by atoms with van der Waals surface area (Å²) in [6.07, 6.45) is 0. The Hall–Kier alpha value is -2.50. The summed E-state index contributed by atoms with van der Waals surface area (Å²) in [7, 11) is 0. The number of nitrogens with one attached hydrogen (secondary N) is 1. The van der Waals surface area contributed by atoms with E-state index in [0.29, 0.717) is 26.7 Å². The molecule has 1 N–H and O–H groups in total. The van der Waals surface area contributed by atoms with E-state index in [9.17, 15) is 9.59 Å². The Morgan fingerprint density at radius 2 is 1.88 bits per heavy atom. The molecule has 7 heteroatoms. The van der Waals surface area contributed by atoms with E-state index in [0.717, 1.165) is 11.1 Å². The van der Waals surface area contributed by atoms with Gasteiger partial charge >= 0.3 is 5.63 Å². The summed E-state index contributed by atoms with van der Waals surface area (Å²) in [6, 6.07) is 9.75. The molecule has 1 heterocycles. The fraction of sp³-hybridized carbons (Fsp3) is 0.158. The number of rotatable bonds is 4. The van der Waals surface area contributed by atoms with E-state index >= 15 is 0 Å². The molecule has 5 nitrogen and oxygen atoms in total. The molecule has 0 aliphatic carbocycles. The zero-order chi connectivity index (χ0) is 18.8. The van der Waals surface area contributed by atoms with Gasteiger partial charge in [-0.05, 0) is 43.2 Å². The third kappa shape index (κ3) is 4.00. The van der Waals surface area contributed by atoms with Gasteiger partial charge in [-0.2, -0.15) is 0 Å². The van der Waals surface area contributed by atoms with Crippen LogP contribution >= 0.6 is 23.2 Å². The van der Waals surface area contributed by atoms with Gasteiger partial charge in [-0.3, -0.25) is 4.79 Å². The molecule has 0 aliphatic rings. The largest absolute Gasteiger partial charge is 0.482 e. The second-order valence-corrected chi connectivity index (χ2v) is 6.67. The normalized spacial score (nSPS) is 10.8. The molecule has 0 unspecified atom stereocenters. The monoisotopic (exact) mass is 391 g/mol. The van der Waals surface area contributed by atoms with Crippen molar-refractivity contribution in [3.05, 3.63) is 68.0 Å². The fourth-order valence-electron chi connectivity index (χ4n) is 2.49. The number of hydrogen-bond donors (Lipinski definition) is 1. The Balaban J connectivity index is 1.77. The molecule has 0 atom stereocenters. The van der Waals surface area contributed by atoms with Crippen molar-refractivity contribution in [1.82, 2.24) is 0 Å². The van der Waals surface area contributed by atoms with Gasteiger partial charge in [0.05, 0.1) is 5.02 Å². The van der Waals surface area contributed by atoms with Gasteiger partial charge in [0.25, 0.3) is 5.91 Å². The first-order chi connectivity index (χ1) is 12.3. The van der Waals surface area contributed by atoms with Crippen LogP contribution in [0.1, 0.15) is 11.1 Å². The van der Waals surface area contributed by atoms with E-state index in [1.54, 1.807) is 25.1 Å². The van der Waals surface area contributed by atoms with Crippen LogP contribution in [0.5, 0.6) is 5.75 Å². The summed E-state index contributed by atoms with van der Waals surface area (Å²) in [5.41, 5.74) is 2.12. The number of fused-ring (bicyclic) bond motifs is 1. The van der Waals surface area contributed by atoms with Crippen molar-refractivity contribution in [2.75, 3.05) is 11.9 Å². The first-order valence-electron chi connectivity index (χ1n) is 7.76. The SMILES string of the molecule is Cc1ccc(Cl)cc1NC(=O)COc1cc2oc(=O)cc(C)c2cc1Cl. The number of aryl methyl sites for hydroxylation is 2. The summed E-state index contributed by atoms with van der Waals surface area (Å²) < 4.78 is 10.6. The van der Waals surface area contributed by atoms with Crippen molar-refractivity contribution >= 4 is 45.8 Å². The molecule has 134 valence electrons.